The molecule has 1 atom stereocenters. The topological polar surface area (TPSA) is 98.1 Å². The number of carbonyl (C=O) groups is 1. The number of rotatable bonds is 5. The van der Waals surface area contributed by atoms with E-state index in [9.17, 15) is 4.79 Å². The van der Waals surface area contributed by atoms with Gasteiger partial charge in [0.1, 0.15) is 0 Å². The van der Waals surface area contributed by atoms with Crippen LogP contribution in [0.5, 0.6) is 0 Å². The van der Waals surface area contributed by atoms with E-state index in [0.717, 1.165) is 49.3 Å². The molecule has 1 aliphatic heterocycles. The van der Waals surface area contributed by atoms with Crippen molar-refractivity contribution in [3.05, 3.63) is 16.8 Å². The summed E-state index contributed by atoms with van der Waals surface area (Å²) in [6.45, 7) is 6.12. The second-order valence-electron chi connectivity index (χ2n) is 5.53. The Bertz CT molecular complexity index is 517. The van der Waals surface area contributed by atoms with E-state index in [1.54, 1.807) is 0 Å². The van der Waals surface area contributed by atoms with Crippen molar-refractivity contribution in [1.82, 2.24) is 10.2 Å². The normalized spacial score (nSPS) is 18.8. The van der Waals surface area contributed by atoms with E-state index < -0.39 is 0 Å². The quantitative estimate of drug-likeness (QED) is 0.834. The predicted octanol–water partition coefficient (Wildman–Crippen LogP) is 0.762. The van der Waals surface area contributed by atoms with Crippen molar-refractivity contribution >= 4 is 11.7 Å². The fourth-order valence-electron chi connectivity index (χ4n) is 3.11. The van der Waals surface area contributed by atoms with Gasteiger partial charge in [-0.15, -0.1) is 5.10 Å². The molecule has 1 unspecified atom stereocenters. The van der Waals surface area contributed by atoms with Crippen molar-refractivity contribution < 1.29 is 4.79 Å². The highest BCUT2D eigenvalue weighted by Gasteiger charge is 2.27. The van der Waals surface area contributed by atoms with Gasteiger partial charge in [0.25, 0.3) is 0 Å². The molecular weight excluding hydrogens is 266 g/mol. The summed E-state index contributed by atoms with van der Waals surface area (Å²) >= 11 is 0. The zero-order chi connectivity index (χ0) is 15.4. The first-order valence-corrected chi connectivity index (χ1v) is 7.73. The highest BCUT2D eigenvalue weighted by molar-refractivity contribution is 5.77. The van der Waals surface area contributed by atoms with E-state index in [0.29, 0.717) is 13.1 Å². The maximum atomic E-state index is 11.4. The van der Waals surface area contributed by atoms with Crippen LogP contribution < -0.4 is 16.4 Å². The molecule has 1 aromatic rings. The van der Waals surface area contributed by atoms with Crippen LogP contribution >= 0.6 is 0 Å². The molecule has 2 heterocycles. The number of hydrogen-bond donors (Lipinski definition) is 2. The van der Waals surface area contributed by atoms with Crippen LogP contribution in [0.25, 0.3) is 0 Å². The predicted molar refractivity (Wildman–Crippen MR) is 82.8 cm³/mol. The highest BCUT2D eigenvalue weighted by atomic mass is 16.1. The van der Waals surface area contributed by atoms with Gasteiger partial charge >= 0.3 is 0 Å². The molecule has 0 saturated carbocycles. The fourth-order valence-corrected chi connectivity index (χ4v) is 3.11. The van der Waals surface area contributed by atoms with Crippen LogP contribution in [0.2, 0.25) is 0 Å². The molecule has 0 aromatic carbocycles. The largest absolute Gasteiger partial charge is 0.369 e. The molecule has 1 aromatic heterocycles. The summed E-state index contributed by atoms with van der Waals surface area (Å²) < 4.78 is 0. The second-order valence-corrected chi connectivity index (χ2v) is 5.53. The average molecular weight is 291 g/mol. The van der Waals surface area contributed by atoms with Gasteiger partial charge in [-0.3, -0.25) is 4.79 Å². The summed E-state index contributed by atoms with van der Waals surface area (Å²) in [7, 11) is 0. The molecule has 6 nitrogen and oxygen atoms in total. The van der Waals surface area contributed by atoms with Crippen LogP contribution in [0.15, 0.2) is 0 Å². The number of carbonyl (C=O) groups excluding carboxylic acids is 1. The molecule has 1 fully saturated rings. The van der Waals surface area contributed by atoms with Gasteiger partial charge in [-0.25, -0.2) is 0 Å². The van der Waals surface area contributed by atoms with Gasteiger partial charge in [0.2, 0.25) is 5.91 Å². The van der Waals surface area contributed by atoms with E-state index in [-0.39, 0.29) is 11.8 Å². The minimum absolute atomic E-state index is 0.109. The van der Waals surface area contributed by atoms with Gasteiger partial charge in [-0.05, 0) is 31.2 Å². The van der Waals surface area contributed by atoms with Gasteiger partial charge in [-0.1, -0.05) is 13.8 Å². The summed E-state index contributed by atoms with van der Waals surface area (Å²) in [5, 5.41) is 8.75. The van der Waals surface area contributed by atoms with Crippen molar-refractivity contribution in [1.29, 1.82) is 0 Å². The Morgan fingerprint density at radius 3 is 2.62 bits per heavy atom. The first-order chi connectivity index (χ1) is 10.1. The molecule has 1 saturated heterocycles. The van der Waals surface area contributed by atoms with E-state index in [4.69, 9.17) is 11.5 Å². The van der Waals surface area contributed by atoms with Gasteiger partial charge < -0.3 is 16.4 Å². The molecule has 116 valence electrons. The van der Waals surface area contributed by atoms with Crippen LogP contribution in [0, 0.1) is 5.92 Å². The van der Waals surface area contributed by atoms with Crippen LogP contribution in [-0.4, -0.2) is 29.2 Å². The zero-order valence-electron chi connectivity index (χ0n) is 12.9. The van der Waals surface area contributed by atoms with E-state index in [1.165, 1.54) is 5.56 Å². The average Bonchev–Trinajstić information content (AvgIpc) is 2.53. The van der Waals surface area contributed by atoms with E-state index >= 15 is 0 Å². The third-order valence-corrected chi connectivity index (χ3v) is 4.26. The van der Waals surface area contributed by atoms with Crippen molar-refractivity contribution in [2.75, 3.05) is 18.0 Å². The SMILES string of the molecule is CCc1nnc(N2CCCC(C(N)=O)C2)c(CN)c1CC. The maximum absolute atomic E-state index is 11.4. The number of nitrogens with two attached hydrogens (primary N) is 2. The fraction of sp³-hybridized carbons (Fsp3) is 0.667. The molecule has 4 N–H and O–H groups in total. The van der Waals surface area contributed by atoms with Crippen molar-refractivity contribution in [3.63, 3.8) is 0 Å². The van der Waals surface area contributed by atoms with Crippen LogP contribution in [0.3, 0.4) is 0 Å². The zero-order valence-corrected chi connectivity index (χ0v) is 12.9. The summed E-state index contributed by atoms with van der Waals surface area (Å²) in [6.07, 6.45) is 3.54. The molecule has 21 heavy (non-hydrogen) atoms. The van der Waals surface area contributed by atoms with Gasteiger partial charge in [0.15, 0.2) is 5.82 Å². The molecular formula is C15H25N5O. The third-order valence-electron chi connectivity index (χ3n) is 4.26. The van der Waals surface area contributed by atoms with Gasteiger partial charge in [0, 0.05) is 25.2 Å². The Morgan fingerprint density at radius 1 is 1.29 bits per heavy atom. The number of anilines is 1. The minimum atomic E-state index is -0.233. The minimum Gasteiger partial charge on any atom is -0.369 e. The molecule has 2 rings (SSSR count). The Morgan fingerprint density at radius 2 is 2.05 bits per heavy atom. The lowest BCUT2D eigenvalue weighted by molar-refractivity contribution is -0.122. The summed E-state index contributed by atoms with van der Waals surface area (Å²) in [6, 6.07) is 0. The number of nitrogens with zero attached hydrogens (tertiary/aromatic N) is 3. The first kappa shape index (κ1) is 15.7. The smallest absolute Gasteiger partial charge is 0.222 e. The molecule has 0 spiro atoms. The van der Waals surface area contributed by atoms with Crippen LogP contribution in [0.1, 0.15) is 43.5 Å². The molecule has 0 aliphatic carbocycles. The molecule has 6 heteroatoms. The Kier molecular flexibility index (Phi) is 5.12. The third kappa shape index (κ3) is 3.15. The van der Waals surface area contributed by atoms with Gasteiger partial charge in [-0.2, -0.15) is 5.10 Å². The molecule has 0 bridgehead atoms. The number of aryl methyl sites for hydroxylation is 1. The number of amides is 1. The molecule has 1 aliphatic rings. The van der Waals surface area contributed by atoms with Crippen molar-refractivity contribution in [3.8, 4) is 0 Å². The number of piperidine rings is 1. The Labute approximate surface area is 125 Å². The maximum Gasteiger partial charge on any atom is 0.222 e. The Hall–Kier alpha value is -1.69. The van der Waals surface area contributed by atoms with E-state index in [2.05, 4.69) is 28.9 Å². The summed E-state index contributed by atoms with van der Waals surface area (Å²) in [5.74, 6) is 0.488. The van der Waals surface area contributed by atoms with E-state index in [1.807, 2.05) is 0 Å². The lowest BCUT2D eigenvalue weighted by atomic mass is 9.96. The van der Waals surface area contributed by atoms with Crippen LogP contribution in [0.4, 0.5) is 5.82 Å². The standard InChI is InChI=1S/C15H25N5O/c1-3-11-12(8-16)15(19-18-13(11)4-2)20-7-5-6-10(9-20)14(17)21/h10H,3-9,16H2,1-2H3,(H2,17,21). The van der Waals surface area contributed by atoms with Crippen LogP contribution in [-0.2, 0) is 24.2 Å². The summed E-state index contributed by atoms with van der Waals surface area (Å²) in [4.78, 5) is 13.6. The summed E-state index contributed by atoms with van der Waals surface area (Å²) in [5.41, 5.74) is 14.7. The number of hydrogen-bond acceptors (Lipinski definition) is 5. The number of primary amides is 1. The highest BCUT2D eigenvalue weighted by Crippen LogP contribution is 2.27. The molecule has 0 radical (unpaired) electrons. The molecule has 1 amide bonds. The lowest BCUT2D eigenvalue weighted by Crippen LogP contribution is -2.42. The Balaban J connectivity index is 2.36. The monoisotopic (exact) mass is 291 g/mol. The van der Waals surface area contributed by atoms with Crippen molar-refractivity contribution in [2.45, 2.75) is 46.1 Å². The second kappa shape index (κ2) is 6.85. The first-order valence-electron chi connectivity index (χ1n) is 7.73. The van der Waals surface area contributed by atoms with Gasteiger partial charge in [0.05, 0.1) is 11.6 Å². The van der Waals surface area contributed by atoms with Crippen molar-refractivity contribution in [2.24, 2.45) is 17.4 Å². The lowest BCUT2D eigenvalue weighted by Gasteiger charge is -2.33. The number of aromatic nitrogens is 2.